The fourth-order valence-corrected chi connectivity index (χ4v) is 5.57. The third-order valence-electron chi connectivity index (χ3n) is 7.68. The average Bonchev–Trinajstić information content (AvgIpc) is 3.38. The number of hydrogen-bond donors (Lipinski definition) is 3. The van der Waals surface area contributed by atoms with Crippen LogP contribution in [0.1, 0.15) is 66.7 Å². The first-order chi connectivity index (χ1) is 22.0. The number of amides is 4. The lowest BCUT2D eigenvalue weighted by atomic mass is 10.0. The first kappa shape index (κ1) is 34.4. The van der Waals surface area contributed by atoms with Gasteiger partial charge in [-0.15, -0.1) is 0 Å². The summed E-state index contributed by atoms with van der Waals surface area (Å²) in [5.74, 6) is 0.0653. The third kappa shape index (κ3) is 9.53. The number of halogens is 1. The number of methoxy groups -OCH3 is 1. The Morgan fingerprint density at radius 1 is 1.04 bits per heavy atom. The molecule has 3 N–H and O–H groups in total. The summed E-state index contributed by atoms with van der Waals surface area (Å²) in [5.41, 5.74) is 1.24. The average molecular weight is 652 g/mol. The van der Waals surface area contributed by atoms with Crippen LogP contribution in [-0.4, -0.2) is 76.1 Å². The van der Waals surface area contributed by atoms with Crippen molar-refractivity contribution in [3.05, 3.63) is 76.3 Å². The van der Waals surface area contributed by atoms with Gasteiger partial charge in [0.15, 0.2) is 5.82 Å². The van der Waals surface area contributed by atoms with E-state index in [1.165, 1.54) is 11.8 Å². The molecular weight excluding hydrogens is 610 g/mol. The lowest BCUT2D eigenvalue weighted by Crippen LogP contribution is -2.50. The largest absolute Gasteiger partial charge is 0.497 e. The van der Waals surface area contributed by atoms with E-state index in [1.807, 2.05) is 44.2 Å². The van der Waals surface area contributed by atoms with Gasteiger partial charge in [-0.05, 0) is 49.4 Å². The number of rotatable bonds is 5. The summed E-state index contributed by atoms with van der Waals surface area (Å²) in [4.78, 5) is 59.8. The number of carbonyl (C=O) groups excluding carboxylic acids is 4. The first-order valence-electron chi connectivity index (χ1n) is 15.5. The van der Waals surface area contributed by atoms with Gasteiger partial charge in [-0.2, -0.15) is 5.10 Å². The Morgan fingerprint density at radius 2 is 1.78 bits per heavy atom. The summed E-state index contributed by atoms with van der Waals surface area (Å²) < 4.78 is 6.79. The van der Waals surface area contributed by atoms with Crippen LogP contribution < -0.4 is 20.7 Å². The monoisotopic (exact) mass is 651 g/mol. The lowest BCUT2D eigenvalue weighted by Gasteiger charge is -2.26. The molecule has 0 radical (unpaired) electrons. The van der Waals surface area contributed by atoms with Crippen molar-refractivity contribution in [3.8, 4) is 5.75 Å². The number of aromatic nitrogens is 3. The highest BCUT2D eigenvalue weighted by Crippen LogP contribution is 2.23. The zero-order valence-electron chi connectivity index (χ0n) is 26.7. The number of hydrogen-bond acceptors (Lipinski definition) is 7. The van der Waals surface area contributed by atoms with Gasteiger partial charge in [0, 0.05) is 43.1 Å². The van der Waals surface area contributed by atoms with Crippen LogP contribution in [0, 0.1) is 12.8 Å². The van der Waals surface area contributed by atoms with Crippen molar-refractivity contribution in [2.24, 2.45) is 5.92 Å². The normalized spacial score (nSPS) is 18.9. The van der Waals surface area contributed by atoms with Crippen LogP contribution in [0.3, 0.4) is 0 Å². The Balaban J connectivity index is 1.61. The highest BCUT2D eigenvalue weighted by Gasteiger charge is 2.30. The zero-order valence-corrected chi connectivity index (χ0v) is 27.5. The lowest BCUT2D eigenvalue weighted by molar-refractivity contribution is -0.129. The van der Waals surface area contributed by atoms with Crippen molar-refractivity contribution in [3.63, 3.8) is 0 Å². The van der Waals surface area contributed by atoms with Gasteiger partial charge in [0.2, 0.25) is 17.7 Å². The zero-order chi connectivity index (χ0) is 33.2. The molecule has 13 heteroatoms. The van der Waals surface area contributed by atoms with Gasteiger partial charge in [-0.3, -0.25) is 19.2 Å². The Labute approximate surface area is 274 Å². The Kier molecular flexibility index (Phi) is 12.1. The summed E-state index contributed by atoms with van der Waals surface area (Å²) in [7, 11) is 1.50. The summed E-state index contributed by atoms with van der Waals surface area (Å²) in [6, 6.07) is 12.8. The van der Waals surface area contributed by atoms with Gasteiger partial charge in [-0.1, -0.05) is 55.8 Å². The van der Waals surface area contributed by atoms with E-state index >= 15 is 0 Å². The van der Waals surface area contributed by atoms with Crippen molar-refractivity contribution in [1.29, 1.82) is 0 Å². The molecule has 0 saturated carbocycles. The van der Waals surface area contributed by atoms with Crippen LogP contribution in [0.2, 0.25) is 5.02 Å². The molecule has 0 bridgehead atoms. The predicted octanol–water partition coefficient (Wildman–Crippen LogP) is 3.23. The highest BCUT2D eigenvalue weighted by atomic mass is 35.5. The molecule has 46 heavy (non-hydrogen) atoms. The highest BCUT2D eigenvalue weighted by molar-refractivity contribution is 6.31. The molecule has 4 amide bonds. The molecule has 4 rings (SSSR count). The number of nitrogens with zero attached hydrogens (tertiary/aromatic N) is 4. The minimum atomic E-state index is -0.868. The van der Waals surface area contributed by atoms with Gasteiger partial charge in [0.05, 0.1) is 13.2 Å². The topological polar surface area (TPSA) is 148 Å². The van der Waals surface area contributed by atoms with Gasteiger partial charge < -0.3 is 25.6 Å². The van der Waals surface area contributed by atoms with Crippen molar-refractivity contribution < 1.29 is 23.9 Å². The minimum absolute atomic E-state index is 0.0870. The number of aryl methyl sites for hydroxylation is 1. The van der Waals surface area contributed by atoms with Gasteiger partial charge in [0.25, 0.3) is 5.91 Å². The molecule has 0 spiro atoms. The quantitative estimate of drug-likeness (QED) is 0.384. The van der Waals surface area contributed by atoms with E-state index in [2.05, 4.69) is 26.0 Å². The van der Waals surface area contributed by atoms with Crippen molar-refractivity contribution >= 4 is 35.2 Å². The Bertz CT molecular complexity index is 1530. The number of benzene rings is 2. The molecule has 0 fully saturated rings. The van der Waals surface area contributed by atoms with Crippen molar-refractivity contribution in [2.45, 2.75) is 65.1 Å². The van der Waals surface area contributed by atoms with Crippen LogP contribution >= 0.6 is 11.6 Å². The molecule has 1 aliphatic heterocycles. The van der Waals surface area contributed by atoms with E-state index in [4.69, 9.17) is 16.3 Å². The maximum absolute atomic E-state index is 13.8. The Hall–Kier alpha value is -4.45. The summed E-state index contributed by atoms with van der Waals surface area (Å²) >= 11 is 6.23. The molecule has 1 aromatic heterocycles. The summed E-state index contributed by atoms with van der Waals surface area (Å²) in [6.45, 7) is 6.46. The summed E-state index contributed by atoms with van der Waals surface area (Å²) in [5, 5.41) is 13.7. The molecule has 1 aliphatic rings. The molecule has 3 aromatic rings. The molecule has 0 saturated heterocycles. The smallest absolute Gasteiger partial charge is 0.254 e. The van der Waals surface area contributed by atoms with Crippen LogP contribution in [0.15, 0.2) is 48.5 Å². The van der Waals surface area contributed by atoms with Crippen LogP contribution in [0.4, 0.5) is 0 Å². The van der Waals surface area contributed by atoms with E-state index in [1.54, 1.807) is 30.0 Å². The van der Waals surface area contributed by atoms with E-state index in [0.717, 1.165) is 5.56 Å². The molecule has 12 nitrogen and oxygen atoms in total. The fraction of sp³-hybridized carbons (Fsp3) is 0.455. The van der Waals surface area contributed by atoms with Gasteiger partial charge in [-0.25, -0.2) is 9.67 Å². The second-order valence-electron chi connectivity index (χ2n) is 11.7. The number of carbonyl (C=O) groups is 4. The number of nitrogens with one attached hydrogen (secondary N) is 3. The van der Waals surface area contributed by atoms with Gasteiger partial charge >= 0.3 is 0 Å². The molecule has 2 atom stereocenters. The van der Waals surface area contributed by atoms with Gasteiger partial charge in [0.1, 0.15) is 24.2 Å². The molecule has 246 valence electrons. The molecule has 2 aromatic carbocycles. The maximum atomic E-state index is 13.8. The van der Waals surface area contributed by atoms with Crippen LogP contribution in [0.5, 0.6) is 5.75 Å². The van der Waals surface area contributed by atoms with E-state index in [0.29, 0.717) is 53.9 Å². The fourth-order valence-electron chi connectivity index (χ4n) is 5.35. The predicted molar refractivity (Wildman–Crippen MR) is 173 cm³/mol. The number of ether oxygens (including phenoxy) is 1. The SMILES string of the molecule is COc1cc(Cl)cc(C(=O)N2CCCNC(=O)Cn3nc(C)nc3[C@H](C(C)C)NC(=O)[C@@H](Cc3ccccc3)NC(=O)CCC2)c1. The molecule has 0 unspecified atom stereocenters. The molecular formula is C33H42ClN7O5. The van der Waals surface area contributed by atoms with E-state index in [-0.39, 0.29) is 55.5 Å². The van der Waals surface area contributed by atoms with Crippen molar-refractivity contribution in [1.82, 2.24) is 35.6 Å². The second kappa shape index (κ2) is 16.2. The van der Waals surface area contributed by atoms with Crippen LogP contribution in [-0.2, 0) is 27.3 Å². The minimum Gasteiger partial charge on any atom is -0.497 e. The van der Waals surface area contributed by atoms with E-state index < -0.39 is 12.1 Å². The summed E-state index contributed by atoms with van der Waals surface area (Å²) in [6.07, 6.45) is 1.21. The second-order valence-corrected chi connectivity index (χ2v) is 12.1. The standard InChI is InChI=1S/C33H42ClN7O5/c1-21(2)30-31-36-22(3)39-41(31)20-29(43)35-13-9-15-40(33(45)24-17-25(34)19-26(18-24)46-4)14-8-12-28(42)37-27(32(44)38-30)16-23-10-6-5-7-11-23/h5-7,10-11,17-19,21,27,30H,8-9,12-16,20H2,1-4H3,(H,35,43)(H,37,42)(H,38,44)/t27-,30+/m1/s1. The number of fused-ring (bicyclic) bond motifs is 1. The van der Waals surface area contributed by atoms with E-state index in [9.17, 15) is 19.2 Å². The first-order valence-corrected chi connectivity index (χ1v) is 15.9. The molecule has 0 aliphatic carbocycles. The Morgan fingerprint density at radius 3 is 2.50 bits per heavy atom. The van der Waals surface area contributed by atoms with Crippen LogP contribution in [0.25, 0.3) is 0 Å². The van der Waals surface area contributed by atoms with Crippen molar-refractivity contribution in [2.75, 3.05) is 26.7 Å². The maximum Gasteiger partial charge on any atom is 0.254 e. The molecule has 2 heterocycles. The third-order valence-corrected chi connectivity index (χ3v) is 7.89.